The minimum atomic E-state index is 0.161. The normalized spacial score (nSPS) is 26.6. The van der Waals surface area contributed by atoms with Crippen LogP contribution >= 0.6 is 0 Å². The van der Waals surface area contributed by atoms with Crippen LogP contribution in [-0.2, 0) is 0 Å². The summed E-state index contributed by atoms with van der Waals surface area (Å²) in [6.07, 6.45) is 12.0. The lowest BCUT2D eigenvalue weighted by Gasteiger charge is -2.33. The van der Waals surface area contributed by atoms with Crippen LogP contribution in [0.1, 0.15) is 64.7 Å². The third kappa shape index (κ3) is 3.21. The van der Waals surface area contributed by atoms with Gasteiger partial charge in [0.05, 0.1) is 0 Å². The molecule has 0 radical (unpaired) electrons. The van der Waals surface area contributed by atoms with Crippen molar-refractivity contribution in [2.24, 2.45) is 11.1 Å². The summed E-state index contributed by atoms with van der Waals surface area (Å²) in [5, 5.41) is 3.63. The highest BCUT2D eigenvalue weighted by molar-refractivity contribution is 4.94. The van der Waals surface area contributed by atoms with Crippen molar-refractivity contribution < 1.29 is 0 Å². The average molecular weight is 224 g/mol. The molecule has 0 saturated heterocycles. The molecule has 0 aromatic heterocycles. The summed E-state index contributed by atoms with van der Waals surface area (Å²) in [5.41, 5.74) is 7.25. The summed E-state index contributed by atoms with van der Waals surface area (Å²) < 4.78 is 0. The van der Waals surface area contributed by atoms with Crippen LogP contribution < -0.4 is 11.1 Å². The lowest BCUT2D eigenvalue weighted by molar-refractivity contribution is 0.271. The molecule has 2 aliphatic rings. The van der Waals surface area contributed by atoms with Gasteiger partial charge in [-0.25, -0.2) is 0 Å². The number of nitrogens with two attached hydrogens (primary N) is 1. The second-order valence-electron chi connectivity index (χ2n) is 6.20. The first kappa shape index (κ1) is 12.4. The van der Waals surface area contributed by atoms with Crippen molar-refractivity contribution in [3.05, 3.63) is 0 Å². The molecule has 2 saturated carbocycles. The Hall–Kier alpha value is -0.0800. The highest BCUT2D eigenvalue weighted by Gasteiger charge is 2.40. The summed E-state index contributed by atoms with van der Waals surface area (Å²) in [7, 11) is 0. The number of nitrogens with one attached hydrogen (secondary N) is 1. The second-order valence-corrected chi connectivity index (χ2v) is 6.20. The van der Waals surface area contributed by atoms with Gasteiger partial charge in [-0.15, -0.1) is 0 Å². The molecule has 0 aromatic rings. The quantitative estimate of drug-likeness (QED) is 0.681. The Balaban J connectivity index is 1.60. The van der Waals surface area contributed by atoms with E-state index in [0.717, 1.165) is 6.54 Å². The maximum absolute atomic E-state index is 6.42. The van der Waals surface area contributed by atoms with E-state index < -0.39 is 0 Å². The smallest absolute Gasteiger partial charge is 0.0166 e. The van der Waals surface area contributed by atoms with E-state index in [2.05, 4.69) is 12.2 Å². The van der Waals surface area contributed by atoms with E-state index in [-0.39, 0.29) is 5.54 Å². The van der Waals surface area contributed by atoms with Crippen LogP contribution in [0.5, 0.6) is 0 Å². The van der Waals surface area contributed by atoms with Crippen molar-refractivity contribution in [1.29, 1.82) is 0 Å². The summed E-state index contributed by atoms with van der Waals surface area (Å²) in [6.45, 7) is 4.66. The van der Waals surface area contributed by atoms with Gasteiger partial charge in [0.2, 0.25) is 0 Å². The van der Waals surface area contributed by atoms with Crippen LogP contribution in [0.2, 0.25) is 0 Å². The minimum Gasteiger partial charge on any atom is -0.325 e. The standard InChI is InChI=1S/C14H28N2/c1-2-13(8-9-13)12-16-11-10-14(15)6-4-3-5-7-14/h16H,2-12,15H2,1H3. The Bertz CT molecular complexity index is 215. The Kier molecular flexibility index (Phi) is 3.91. The third-order valence-corrected chi connectivity index (χ3v) is 4.86. The van der Waals surface area contributed by atoms with Crippen molar-refractivity contribution in [1.82, 2.24) is 5.32 Å². The maximum atomic E-state index is 6.42. The SMILES string of the molecule is CCC1(CNCCC2(N)CCCCC2)CC1. The highest BCUT2D eigenvalue weighted by Crippen LogP contribution is 2.47. The van der Waals surface area contributed by atoms with Crippen molar-refractivity contribution >= 4 is 0 Å². The molecule has 0 aromatic carbocycles. The van der Waals surface area contributed by atoms with Crippen molar-refractivity contribution in [3.8, 4) is 0 Å². The molecule has 0 aliphatic heterocycles. The molecule has 0 bridgehead atoms. The van der Waals surface area contributed by atoms with E-state index in [1.165, 1.54) is 64.3 Å². The van der Waals surface area contributed by atoms with Gasteiger partial charge in [-0.1, -0.05) is 26.2 Å². The summed E-state index contributed by atoms with van der Waals surface area (Å²) in [5.74, 6) is 0. The monoisotopic (exact) mass is 224 g/mol. The molecule has 2 heteroatoms. The third-order valence-electron chi connectivity index (χ3n) is 4.86. The summed E-state index contributed by atoms with van der Waals surface area (Å²) >= 11 is 0. The summed E-state index contributed by atoms with van der Waals surface area (Å²) in [4.78, 5) is 0. The van der Waals surface area contributed by atoms with Crippen LogP contribution in [0.3, 0.4) is 0 Å². The van der Waals surface area contributed by atoms with Crippen molar-refractivity contribution in [3.63, 3.8) is 0 Å². The summed E-state index contributed by atoms with van der Waals surface area (Å²) in [6, 6.07) is 0. The molecule has 2 aliphatic carbocycles. The molecule has 0 amide bonds. The van der Waals surface area contributed by atoms with Crippen LogP contribution in [0.25, 0.3) is 0 Å². The Morgan fingerprint density at radius 2 is 1.75 bits per heavy atom. The fourth-order valence-corrected chi connectivity index (χ4v) is 3.03. The van der Waals surface area contributed by atoms with Gasteiger partial charge in [-0.3, -0.25) is 0 Å². The Morgan fingerprint density at radius 1 is 1.06 bits per heavy atom. The van der Waals surface area contributed by atoms with Crippen molar-refractivity contribution in [2.75, 3.05) is 13.1 Å². The zero-order chi connectivity index (χ0) is 11.5. The molecule has 3 N–H and O–H groups in total. The van der Waals surface area contributed by atoms with Gasteiger partial charge in [0, 0.05) is 12.1 Å². The molecular formula is C14H28N2. The highest BCUT2D eigenvalue weighted by atomic mass is 14.9. The van der Waals surface area contributed by atoms with E-state index in [1.807, 2.05) is 0 Å². The zero-order valence-corrected chi connectivity index (χ0v) is 10.9. The Labute approximate surface area is 100 Å². The first-order valence-corrected chi connectivity index (χ1v) is 7.18. The van der Waals surface area contributed by atoms with Crippen molar-refractivity contribution in [2.45, 2.75) is 70.3 Å². The molecule has 2 nitrogen and oxygen atoms in total. The molecule has 0 unspecified atom stereocenters. The molecule has 2 fully saturated rings. The van der Waals surface area contributed by atoms with Crippen LogP contribution in [0, 0.1) is 5.41 Å². The molecule has 0 heterocycles. The van der Waals surface area contributed by atoms with E-state index in [0.29, 0.717) is 5.41 Å². The minimum absolute atomic E-state index is 0.161. The molecule has 0 spiro atoms. The van der Waals surface area contributed by atoms with E-state index in [4.69, 9.17) is 5.73 Å². The van der Waals surface area contributed by atoms with Crippen LogP contribution in [0.4, 0.5) is 0 Å². The van der Waals surface area contributed by atoms with Gasteiger partial charge in [0.15, 0.2) is 0 Å². The molecular weight excluding hydrogens is 196 g/mol. The predicted octanol–water partition coefficient (Wildman–Crippen LogP) is 2.82. The van der Waals surface area contributed by atoms with Gasteiger partial charge < -0.3 is 11.1 Å². The van der Waals surface area contributed by atoms with Gasteiger partial charge >= 0.3 is 0 Å². The van der Waals surface area contributed by atoms with Crippen LogP contribution in [0.15, 0.2) is 0 Å². The van der Waals surface area contributed by atoms with Crippen LogP contribution in [-0.4, -0.2) is 18.6 Å². The number of hydrogen-bond donors (Lipinski definition) is 2. The van der Waals surface area contributed by atoms with E-state index in [1.54, 1.807) is 0 Å². The fraction of sp³-hybridized carbons (Fsp3) is 1.00. The van der Waals surface area contributed by atoms with E-state index >= 15 is 0 Å². The average Bonchev–Trinajstić information content (AvgIpc) is 3.06. The topological polar surface area (TPSA) is 38.0 Å². The second kappa shape index (κ2) is 5.05. The van der Waals surface area contributed by atoms with Gasteiger partial charge in [-0.2, -0.15) is 0 Å². The molecule has 94 valence electrons. The maximum Gasteiger partial charge on any atom is 0.0166 e. The lowest BCUT2D eigenvalue weighted by Crippen LogP contribution is -2.44. The van der Waals surface area contributed by atoms with E-state index in [9.17, 15) is 0 Å². The molecule has 2 rings (SSSR count). The van der Waals surface area contributed by atoms with Gasteiger partial charge in [0.1, 0.15) is 0 Å². The molecule has 0 atom stereocenters. The predicted molar refractivity (Wildman–Crippen MR) is 69.4 cm³/mol. The molecule has 16 heavy (non-hydrogen) atoms. The zero-order valence-electron chi connectivity index (χ0n) is 10.9. The first-order chi connectivity index (χ1) is 7.68. The Morgan fingerprint density at radius 3 is 2.31 bits per heavy atom. The lowest BCUT2D eigenvalue weighted by atomic mass is 9.80. The van der Waals surface area contributed by atoms with Gasteiger partial charge in [0.25, 0.3) is 0 Å². The first-order valence-electron chi connectivity index (χ1n) is 7.18. The fourth-order valence-electron chi connectivity index (χ4n) is 3.03. The van der Waals surface area contributed by atoms with Gasteiger partial charge in [-0.05, 0) is 50.5 Å². The number of rotatable bonds is 6. The number of hydrogen-bond acceptors (Lipinski definition) is 2. The largest absolute Gasteiger partial charge is 0.325 e.